The summed E-state index contributed by atoms with van der Waals surface area (Å²) >= 11 is 0. The highest BCUT2D eigenvalue weighted by atomic mass is 15.0. The van der Waals surface area contributed by atoms with Crippen LogP contribution in [-0.4, -0.2) is 19.1 Å². The second-order valence-electron chi connectivity index (χ2n) is 4.66. The molecule has 1 aromatic rings. The van der Waals surface area contributed by atoms with Crippen molar-refractivity contribution in [2.75, 3.05) is 13.1 Å². The average Bonchev–Trinajstić information content (AvgIpc) is 2.89. The number of hydrogen-bond donors (Lipinski definition) is 2. The summed E-state index contributed by atoms with van der Waals surface area (Å²) in [6, 6.07) is 10.9. The molecule has 1 heterocycles. The lowest BCUT2D eigenvalue weighted by atomic mass is 10.1. The van der Waals surface area contributed by atoms with Crippen LogP contribution in [0.15, 0.2) is 24.3 Å². The predicted molar refractivity (Wildman–Crippen MR) is 68.6 cm³/mol. The van der Waals surface area contributed by atoms with Gasteiger partial charge in [-0.25, -0.2) is 0 Å². The molecule has 2 rings (SSSR count). The molecule has 0 spiro atoms. The van der Waals surface area contributed by atoms with Gasteiger partial charge in [-0.15, -0.1) is 0 Å². The summed E-state index contributed by atoms with van der Waals surface area (Å²) in [4.78, 5) is 0. The Balaban J connectivity index is 1.85. The van der Waals surface area contributed by atoms with Crippen LogP contribution in [0.2, 0.25) is 0 Å². The normalized spacial score (nSPS) is 21.1. The molecule has 17 heavy (non-hydrogen) atoms. The Labute approximate surface area is 103 Å². The zero-order valence-electron chi connectivity index (χ0n) is 10.2. The first-order valence-electron chi connectivity index (χ1n) is 6.26. The maximum Gasteiger partial charge on any atom is 0.0991 e. The molecule has 1 saturated heterocycles. The Morgan fingerprint density at radius 3 is 2.82 bits per heavy atom. The highest BCUT2D eigenvalue weighted by Gasteiger charge is 2.14. The molecule has 0 aliphatic carbocycles. The number of benzene rings is 1. The van der Waals surface area contributed by atoms with Crippen LogP contribution in [-0.2, 0) is 0 Å². The average molecular weight is 229 g/mol. The standard InChI is InChI=1S/C14H19N3/c1-11(17-10-14-3-2-8-16-14)13-6-4-12(9-15)5-7-13/h4-7,11,14,16-17H,2-3,8,10H2,1H3. The molecule has 0 radical (unpaired) electrons. The molecule has 2 atom stereocenters. The van der Waals surface area contributed by atoms with Crippen LogP contribution in [0.25, 0.3) is 0 Å². The molecule has 90 valence electrons. The lowest BCUT2D eigenvalue weighted by Gasteiger charge is -2.17. The Bertz CT molecular complexity index is 385. The molecule has 0 bridgehead atoms. The zero-order chi connectivity index (χ0) is 12.1. The predicted octanol–water partition coefficient (Wildman–Crippen LogP) is 1.96. The molecule has 0 amide bonds. The minimum atomic E-state index is 0.338. The Morgan fingerprint density at radius 1 is 1.47 bits per heavy atom. The number of nitrogens with one attached hydrogen (secondary N) is 2. The van der Waals surface area contributed by atoms with Crippen LogP contribution in [0.4, 0.5) is 0 Å². The van der Waals surface area contributed by atoms with Crippen LogP contribution < -0.4 is 10.6 Å². The van der Waals surface area contributed by atoms with E-state index in [1.807, 2.05) is 24.3 Å². The van der Waals surface area contributed by atoms with Crippen molar-refractivity contribution in [3.8, 4) is 6.07 Å². The lowest BCUT2D eigenvalue weighted by molar-refractivity contribution is 0.490. The smallest absolute Gasteiger partial charge is 0.0991 e. The minimum absolute atomic E-state index is 0.338. The molecular weight excluding hydrogens is 210 g/mol. The Morgan fingerprint density at radius 2 is 2.24 bits per heavy atom. The van der Waals surface area contributed by atoms with E-state index in [1.54, 1.807) is 0 Å². The van der Waals surface area contributed by atoms with E-state index in [1.165, 1.54) is 18.4 Å². The first-order chi connectivity index (χ1) is 8.29. The van der Waals surface area contributed by atoms with E-state index < -0.39 is 0 Å². The fourth-order valence-electron chi connectivity index (χ4n) is 2.21. The van der Waals surface area contributed by atoms with Crippen molar-refractivity contribution in [2.24, 2.45) is 0 Å². The van der Waals surface area contributed by atoms with E-state index in [2.05, 4.69) is 23.6 Å². The highest BCUT2D eigenvalue weighted by Crippen LogP contribution is 2.13. The molecule has 3 heteroatoms. The second-order valence-corrected chi connectivity index (χ2v) is 4.66. The van der Waals surface area contributed by atoms with Gasteiger partial charge >= 0.3 is 0 Å². The molecule has 3 nitrogen and oxygen atoms in total. The van der Waals surface area contributed by atoms with Gasteiger partial charge in [0.15, 0.2) is 0 Å². The van der Waals surface area contributed by atoms with Gasteiger partial charge in [-0.05, 0) is 44.0 Å². The van der Waals surface area contributed by atoms with E-state index >= 15 is 0 Å². The lowest BCUT2D eigenvalue weighted by Crippen LogP contribution is -2.35. The van der Waals surface area contributed by atoms with Crippen molar-refractivity contribution in [3.63, 3.8) is 0 Å². The fraction of sp³-hybridized carbons (Fsp3) is 0.500. The van der Waals surface area contributed by atoms with Gasteiger partial charge in [-0.1, -0.05) is 12.1 Å². The molecule has 2 N–H and O–H groups in total. The molecule has 1 aliphatic rings. The van der Waals surface area contributed by atoms with Crippen molar-refractivity contribution < 1.29 is 0 Å². The number of nitrogens with zero attached hydrogens (tertiary/aromatic N) is 1. The summed E-state index contributed by atoms with van der Waals surface area (Å²) in [6.07, 6.45) is 2.56. The maximum atomic E-state index is 8.74. The summed E-state index contributed by atoms with van der Waals surface area (Å²) in [5, 5.41) is 15.7. The van der Waals surface area contributed by atoms with Gasteiger partial charge in [0, 0.05) is 18.6 Å². The van der Waals surface area contributed by atoms with Crippen molar-refractivity contribution in [3.05, 3.63) is 35.4 Å². The van der Waals surface area contributed by atoms with Crippen molar-refractivity contribution in [1.82, 2.24) is 10.6 Å². The topological polar surface area (TPSA) is 47.8 Å². The number of rotatable bonds is 4. The van der Waals surface area contributed by atoms with Gasteiger partial charge in [0.25, 0.3) is 0 Å². The molecule has 1 fully saturated rings. The van der Waals surface area contributed by atoms with Crippen molar-refractivity contribution in [2.45, 2.75) is 31.8 Å². The summed E-state index contributed by atoms with van der Waals surface area (Å²) in [7, 11) is 0. The van der Waals surface area contributed by atoms with E-state index in [0.29, 0.717) is 12.1 Å². The third kappa shape index (κ3) is 3.29. The van der Waals surface area contributed by atoms with Gasteiger partial charge in [-0.2, -0.15) is 5.26 Å². The van der Waals surface area contributed by atoms with E-state index in [9.17, 15) is 0 Å². The van der Waals surface area contributed by atoms with E-state index in [4.69, 9.17) is 5.26 Å². The highest BCUT2D eigenvalue weighted by molar-refractivity contribution is 5.32. The molecule has 0 saturated carbocycles. The van der Waals surface area contributed by atoms with Gasteiger partial charge in [0.2, 0.25) is 0 Å². The summed E-state index contributed by atoms with van der Waals surface area (Å²) in [5.74, 6) is 0. The van der Waals surface area contributed by atoms with Crippen LogP contribution >= 0.6 is 0 Å². The molecule has 1 aromatic carbocycles. The summed E-state index contributed by atoms with van der Waals surface area (Å²) < 4.78 is 0. The van der Waals surface area contributed by atoms with Gasteiger partial charge < -0.3 is 10.6 Å². The van der Waals surface area contributed by atoms with Crippen LogP contribution in [0.1, 0.15) is 36.9 Å². The van der Waals surface area contributed by atoms with Crippen LogP contribution in [0, 0.1) is 11.3 Å². The Kier molecular flexibility index (Phi) is 4.13. The van der Waals surface area contributed by atoms with E-state index in [0.717, 1.165) is 18.7 Å². The fourth-order valence-corrected chi connectivity index (χ4v) is 2.21. The van der Waals surface area contributed by atoms with Crippen molar-refractivity contribution in [1.29, 1.82) is 5.26 Å². The second kappa shape index (κ2) is 5.81. The molecule has 0 aromatic heterocycles. The van der Waals surface area contributed by atoms with Gasteiger partial charge in [0.1, 0.15) is 0 Å². The minimum Gasteiger partial charge on any atom is -0.313 e. The third-order valence-corrected chi connectivity index (χ3v) is 3.37. The number of nitriles is 1. The molecule has 2 unspecified atom stereocenters. The Hall–Kier alpha value is -1.37. The van der Waals surface area contributed by atoms with E-state index in [-0.39, 0.29) is 0 Å². The zero-order valence-corrected chi connectivity index (χ0v) is 10.2. The number of hydrogen-bond acceptors (Lipinski definition) is 3. The molecule has 1 aliphatic heterocycles. The molecular formula is C14H19N3. The van der Waals surface area contributed by atoms with Gasteiger partial charge in [-0.3, -0.25) is 0 Å². The monoisotopic (exact) mass is 229 g/mol. The summed E-state index contributed by atoms with van der Waals surface area (Å²) in [6.45, 7) is 4.33. The quantitative estimate of drug-likeness (QED) is 0.829. The van der Waals surface area contributed by atoms with Gasteiger partial charge in [0.05, 0.1) is 11.6 Å². The summed E-state index contributed by atoms with van der Waals surface area (Å²) in [5.41, 5.74) is 1.96. The van der Waals surface area contributed by atoms with Crippen LogP contribution in [0.3, 0.4) is 0 Å². The van der Waals surface area contributed by atoms with Crippen LogP contribution in [0.5, 0.6) is 0 Å². The third-order valence-electron chi connectivity index (χ3n) is 3.37. The first kappa shape index (κ1) is 12.1. The maximum absolute atomic E-state index is 8.74. The SMILES string of the molecule is CC(NCC1CCCN1)c1ccc(C#N)cc1. The largest absolute Gasteiger partial charge is 0.313 e. The van der Waals surface area contributed by atoms with Crippen molar-refractivity contribution >= 4 is 0 Å². The first-order valence-corrected chi connectivity index (χ1v) is 6.26.